The number of carbonyl (C=O) groups is 3. The summed E-state index contributed by atoms with van der Waals surface area (Å²) in [4.78, 5) is 45.1. The summed E-state index contributed by atoms with van der Waals surface area (Å²) in [5.74, 6) is -0.504. The molecular weight excluding hydrogens is 460 g/mol. The number of fused-ring (bicyclic) bond motifs is 1. The van der Waals surface area contributed by atoms with E-state index in [1.165, 1.54) is 7.11 Å². The minimum Gasteiger partial charge on any atom is -0.465 e. The number of rotatable bonds is 4. The number of para-hydroxylation sites is 1. The van der Waals surface area contributed by atoms with Gasteiger partial charge in [-0.05, 0) is 64.3 Å². The number of hydrogen-bond donors (Lipinski definition) is 1. The number of benzene rings is 2. The molecule has 0 saturated carbocycles. The summed E-state index contributed by atoms with van der Waals surface area (Å²) < 4.78 is 12.5. The van der Waals surface area contributed by atoms with Gasteiger partial charge in [0, 0.05) is 18.7 Å². The van der Waals surface area contributed by atoms with E-state index in [1.54, 1.807) is 47.4 Å². The van der Waals surface area contributed by atoms with Gasteiger partial charge < -0.3 is 18.9 Å². The molecule has 0 spiro atoms. The van der Waals surface area contributed by atoms with Crippen LogP contribution in [0, 0.1) is 0 Å². The molecule has 2 aromatic carbocycles. The summed E-state index contributed by atoms with van der Waals surface area (Å²) >= 11 is 0. The molecule has 3 aromatic rings. The van der Waals surface area contributed by atoms with Crippen LogP contribution in [0.4, 0.5) is 10.7 Å². The number of hydrogen-bond acceptors (Lipinski definition) is 6. The van der Waals surface area contributed by atoms with Crippen LogP contribution in [0.2, 0.25) is 0 Å². The fourth-order valence-electron chi connectivity index (χ4n) is 4.45. The highest BCUT2D eigenvalue weighted by Gasteiger charge is 2.31. The predicted octanol–water partition coefficient (Wildman–Crippen LogP) is 5.04. The topological polar surface area (TPSA) is 103 Å². The Kier molecular flexibility index (Phi) is 7.28. The summed E-state index contributed by atoms with van der Waals surface area (Å²) in [6.45, 7) is 6.42. The van der Waals surface area contributed by atoms with E-state index >= 15 is 0 Å². The highest BCUT2D eigenvalue weighted by molar-refractivity contribution is 6.06. The van der Waals surface area contributed by atoms with Gasteiger partial charge in [0.15, 0.2) is 0 Å². The molecule has 1 N–H and O–H groups in total. The fraction of sp³-hybridized carbons (Fsp3) is 0.407. The minimum absolute atomic E-state index is 0.248. The summed E-state index contributed by atoms with van der Waals surface area (Å²) in [6, 6.07) is 13.8. The minimum atomic E-state index is -0.618. The first-order valence-corrected chi connectivity index (χ1v) is 12.1. The zero-order valence-electron chi connectivity index (χ0n) is 21.1. The Morgan fingerprint density at radius 3 is 2.47 bits per heavy atom. The maximum absolute atomic E-state index is 13.1. The number of imidazole rings is 1. The van der Waals surface area contributed by atoms with Crippen LogP contribution in [0.5, 0.6) is 0 Å². The van der Waals surface area contributed by atoms with Crippen molar-refractivity contribution in [2.75, 3.05) is 25.5 Å². The first-order chi connectivity index (χ1) is 17.2. The highest BCUT2D eigenvalue weighted by atomic mass is 16.6. The monoisotopic (exact) mass is 492 g/mol. The fourth-order valence-corrected chi connectivity index (χ4v) is 4.45. The van der Waals surface area contributed by atoms with Crippen LogP contribution in [-0.4, -0.2) is 58.2 Å². The van der Waals surface area contributed by atoms with Gasteiger partial charge in [0.2, 0.25) is 5.95 Å². The summed E-state index contributed by atoms with van der Waals surface area (Å²) in [5.41, 5.74) is 1.32. The number of esters is 1. The van der Waals surface area contributed by atoms with Crippen molar-refractivity contribution in [3.63, 3.8) is 0 Å². The summed E-state index contributed by atoms with van der Waals surface area (Å²) in [5, 5.41) is 2.93. The predicted molar refractivity (Wildman–Crippen MR) is 136 cm³/mol. The number of aromatic nitrogens is 2. The van der Waals surface area contributed by atoms with E-state index in [-0.39, 0.29) is 18.0 Å². The Balaban J connectivity index is 1.79. The Morgan fingerprint density at radius 1 is 1.03 bits per heavy atom. The van der Waals surface area contributed by atoms with E-state index in [4.69, 9.17) is 9.47 Å². The lowest BCUT2D eigenvalue weighted by atomic mass is 10.1. The van der Waals surface area contributed by atoms with E-state index in [0.29, 0.717) is 41.2 Å². The van der Waals surface area contributed by atoms with Gasteiger partial charge in [0.05, 0.1) is 29.7 Å². The van der Waals surface area contributed by atoms with E-state index in [2.05, 4.69) is 10.3 Å². The zero-order chi connectivity index (χ0) is 25.9. The van der Waals surface area contributed by atoms with Gasteiger partial charge in [0.1, 0.15) is 5.60 Å². The average molecular weight is 493 g/mol. The van der Waals surface area contributed by atoms with Gasteiger partial charge in [-0.25, -0.2) is 14.6 Å². The molecule has 1 fully saturated rings. The van der Waals surface area contributed by atoms with E-state index < -0.39 is 11.6 Å². The number of nitrogens with zero attached hydrogens (tertiary/aromatic N) is 3. The third kappa shape index (κ3) is 5.50. The highest BCUT2D eigenvalue weighted by Crippen LogP contribution is 2.33. The molecule has 9 heteroatoms. The van der Waals surface area contributed by atoms with E-state index in [9.17, 15) is 14.4 Å². The first kappa shape index (κ1) is 25.2. The summed E-state index contributed by atoms with van der Waals surface area (Å²) in [6.07, 6.45) is 2.02. The second kappa shape index (κ2) is 10.4. The maximum atomic E-state index is 13.1. The lowest BCUT2D eigenvalue weighted by molar-refractivity contribution is 0.0237. The largest absolute Gasteiger partial charge is 0.465 e. The molecule has 4 rings (SSSR count). The molecule has 2 heterocycles. The van der Waals surface area contributed by atoms with Crippen LogP contribution in [0.15, 0.2) is 48.5 Å². The lowest BCUT2D eigenvalue weighted by Crippen LogP contribution is -2.39. The van der Waals surface area contributed by atoms with Crippen LogP contribution >= 0.6 is 0 Å². The molecule has 1 atom stereocenters. The van der Waals surface area contributed by atoms with Crippen molar-refractivity contribution in [3.05, 3.63) is 59.7 Å². The van der Waals surface area contributed by atoms with Crippen LogP contribution in [0.1, 0.15) is 66.8 Å². The second-order valence-corrected chi connectivity index (χ2v) is 9.87. The van der Waals surface area contributed by atoms with E-state index in [1.807, 2.05) is 31.4 Å². The average Bonchev–Trinajstić information content (AvgIpc) is 3.03. The Morgan fingerprint density at radius 2 is 1.78 bits per heavy atom. The Bertz CT molecular complexity index is 1260. The first-order valence-electron chi connectivity index (χ1n) is 12.1. The van der Waals surface area contributed by atoms with Crippen molar-refractivity contribution in [2.24, 2.45) is 0 Å². The van der Waals surface area contributed by atoms with Crippen molar-refractivity contribution < 1.29 is 23.9 Å². The van der Waals surface area contributed by atoms with Gasteiger partial charge >= 0.3 is 12.1 Å². The molecule has 1 aliphatic rings. The molecule has 36 heavy (non-hydrogen) atoms. The van der Waals surface area contributed by atoms with Gasteiger partial charge in [0.25, 0.3) is 5.91 Å². The molecule has 0 unspecified atom stereocenters. The van der Waals surface area contributed by atoms with Crippen molar-refractivity contribution in [1.29, 1.82) is 0 Å². The third-order valence-electron chi connectivity index (χ3n) is 6.04. The number of amides is 2. The number of carbonyl (C=O) groups excluding carboxylic acids is 3. The molecular formula is C27H32N4O5. The van der Waals surface area contributed by atoms with Crippen molar-refractivity contribution in [1.82, 2.24) is 14.5 Å². The third-order valence-corrected chi connectivity index (χ3v) is 6.04. The van der Waals surface area contributed by atoms with E-state index in [0.717, 1.165) is 19.3 Å². The van der Waals surface area contributed by atoms with Crippen LogP contribution in [0.3, 0.4) is 0 Å². The smallest absolute Gasteiger partial charge is 0.410 e. The normalized spacial score (nSPS) is 16.3. The van der Waals surface area contributed by atoms with Gasteiger partial charge in [-0.3, -0.25) is 10.1 Å². The van der Waals surface area contributed by atoms with Crippen molar-refractivity contribution in [3.8, 4) is 0 Å². The van der Waals surface area contributed by atoms with Crippen molar-refractivity contribution in [2.45, 2.75) is 51.7 Å². The SMILES string of the molecule is COC(=O)c1cccc2nc(NC(=O)c3ccccc3)n([C@H]3CCCCN(C(=O)OC(C)(C)C)C3)c12. The molecule has 0 radical (unpaired) electrons. The van der Waals surface area contributed by atoms with Gasteiger partial charge in [-0.15, -0.1) is 0 Å². The molecule has 9 nitrogen and oxygen atoms in total. The molecule has 0 aliphatic carbocycles. The van der Waals surface area contributed by atoms with Crippen LogP contribution in [-0.2, 0) is 9.47 Å². The zero-order valence-corrected chi connectivity index (χ0v) is 21.1. The number of anilines is 1. The summed E-state index contributed by atoms with van der Waals surface area (Å²) in [7, 11) is 1.33. The Labute approximate surface area is 210 Å². The molecule has 2 amide bonds. The van der Waals surface area contributed by atoms with Gasteiger partial charge in [-0.1, -0.05) is 24.3 Å². The number of nitrogens with one attached hydrogen (secondary N) is 1. The standard InChI is InChI=1S/C27H32N4O5/c1-27(2,3)36-26(34)30-16-9-8-13-19(17-30)31-22-20(24(33)35-4)14-10-15-21(22)28-25(31)29-23(32)18-11-6-5-7-12-18/h5-7,10-12,14-15,19H,8-9,13,16-17H2,1-4H3,(H,28,29,32)/t19-/m0/s1. The quantitative estimate of drug-likeness (QED) is 0.512. The molecule has 1 saturated heterocycles. The van der Waals surface area contributed by atoms with Crippen LogP contribution in [0.25, 0.3) is 11.0 Å². The molecule has 0 bridgehead atoms. The number of likely N-dealkylation sites (tertiary alicyclic amines) is 1. The van der Waals surface area contributed by atoms with Crippen molar-refractivity contribution >= 4 is 35.0 Å². The number of ether oxygens (including phenoxy) is 2. The van der Waals surface area contributed by atoms with Gasteiger partial charge in [-0.2, -0.15) is 0 Å². The van der Waals surface area contributed by atoms with Crippen LogP contribution < -0.4 is 5.32 Å². The number of methoxy groups -OCH3 is 1. The second-order valence-electron chi connectivity index (χ2n) is 9.87. The lowest BCUT2D eigenvalue weighted by Gasteiger charge is -2.29. The molecule has 1 aliphatic heterocycles. The molecule has 1 aromatic heterocycles. The Hall–Kier alpha value is -3.88. The maximum Gasteiger partial charge on any atom is 0.410 e. The molecule has 190 valence electrons.